The van der Waals surface area contributed by atoms with Gasteiger partial charge in [-0.15, -0.1) is 0 Å². The first-order valence-corrected chi connectivity index (χ1v) is 15.6. The summed E-state index contributed by atoms with van der Waals surface area (Å²) in [5.74, 6) is -1.42. The Hall–Kier alpha value is -0.0800. The predicted molar refractivity (Wildman–Crippen MR) is 148 cm³/mol. The van der Waals surface area contributed by atoms with E-state index in [1.807, 2.05) is 0 Å². The molecule has 200 valence electrons. The van der Waals surface area contributed by atoms with Gasteiger partial charge in [-0.25, -0.2) is 0 Å². The van der Waals surface area contributed by atoms with Crippen LogP contribution in [-0.2, 0) is 0 Å². The molecule has 0 aromatic carbocycles. The van der Waals surface area contributed by atoms with Crippen LogP contribution >= 0.6 is 0 Å². The molecule has 0 rings (SSSR count). The van der Waals surface area contributed by atoms with Crippen LogP contribution in [-0.4, -0.2) is 16.0 Å². The van der Waals surface area contributed by atoms with Crippen LogP contribution in [0.5, 0.6) is 0 Å². The minimum absolute atomic E-state index is 0.554. The lowest BCUT2D eigenvalue weighted by molar-refractivity contribution is -0.172. The van der Waals surface area contributed by atoms with Crippen molar-refractivity contribution in [3.63, 3.8) is 0 Å². The van der Waals surface area contributed by atoms with Gasteiger partial charge in [0.25, 0.3) is 0 Å². The van der Waals surface area contributed by atoms with Crippen molar-refractivity contribution in [2.45, 2.75) is 199 Å². The number of rotatable bonds is 28. The molecule has 0 saturated heterocycles. The van der Waals surface area contributed by atoms with Crippen molar-refractivity contribution >= 4 is 0 Å². The Bertz CT molecular complexity index is 353. The maximum atomic E-state index is 10.1. The summed E-state index contributed by atoms with van der Waals surface area (Å²) in [5.41, 5.74) is 0. The van der Waals surface area contributed by atoms with Gasteiger partial charge in [0.05, 0.1) is 0 Å². The summed E-state index contributed by atoms with van der Waals surface area (Å²) in [6.45, 7) is 4.52. The molecule has 0 heterocycles. The number of aliphatic hydroxyl groups is 2. The van der Waals surface area contributed by atoms with Crippen LogP contribution in [0.25, 0.3) is 0 Å². The van der Waals surface area contributed by atoms with E-state index in [0.717, 1.165) is 25.7 Å². The van der Waals surface area contributed by atoms with Gasteiger partial charge in [0.2, 0.25) is 0 Å². The number of hydrogen-bond acceptors (Lipinski definition) is 2. The fourth-order valence-corrected chi connectivity index (χ4v) is 4.98. The summed E-state index contributed by atoms with van der Waals surface area (Å²) in [5, 5.41) is 20.2. The van der Waals surface area contributed by atoms with Crippen molar-refractivity contribution < 1.29 is 10.2 Å². The summed E-state index contributed by atoms with van der Waals surface area (Å²) < 4.78 is 0. The molecule has 0 aliphatic heterocycles. The van der Waals surface area contributed by atoms with Gasteiger partial charge in [-0.05, 0) is 12.8 Å². The molecule has 2 N–H and O–H groups in total. The second kappa shape index (κ2) is 26.5. The van der Waals surface area contributed by atoms with Gasteiger partial charge in [-0.3, -0.25) is 0 Å². The van der Waals surface area contributed by atoms with Crippen LogP contribution in [0.4, 0.5) is 0 Å². The summed E-state index contributed by atoms with van der Waals surface area (Å²) in [6.07, 6.45) is 35.9. The fraction of sp³-hybridized carbons (Fsp3) is 1.00. The highest BCUT2D eigenvalue weighted by atomic mass is 16.5. The van der Waals surface area contributed by atoms with E-state index in [9.17, 15) is 10.2 Å². The molecule has 0 aliphatic rings. The van der Waals surface area contributed by atoms with E-state index in [-0.39, 0.29) is 0 Å². The normalized spacial score (nSPS) is 12.0. The minimum Gasteiger partial charge on any atom is -0.366 e. The second-order valence-electron chi connectivity index (χ2n) is 11.0. The zero-order chi connectivity index (χ0) is 24.3. The molecule has 0 unspecified atom stereocenters. The highest BCUT2D eigenvalue weighted by Crippen LogP contribution is 2.21. The summed E-state index contributed by atoms with van der Waals surface area (Å²) in [6, 6.07) is 0. The third-order valence-corrected chi connectivity index (χ3v) is 7.36. The number of unbranched alkanes of at least 4 members (excludes halogenated alkanes) is 24. The summed E-state index contributed by atoms with van der Waals surface area (Å²) >= 11 is 0. The van der Waals surface area contributed by atoms with Crippen molar-refractivity contribution in [3.8, 4) is 0 Å². The molecule has 2 nitrogen and oxygen atoms in total. The minimum atomic E-state index is -1.42. The van der Waals surface area contributed by atoms with Gasteiger partial charge in [0.15, 0.2) is 5.79 Å². The Balaban J connectivity index is 3.20. The van der Waals surface area contributed by atoms with Gasteiger partial charge < -0.3 is 10.2 Å². The Morgan fingerprint density at radius 2 is 0.485 bits per heavy atom. The van der Waals surface area contributed by atoms with Gasteiger partial charge in [0, 0.05) is 12.8 Å². The van der Waals surface area contributed by atoms with E-state index < -0.39 is 5.79 Å². The quantitative estimate of drug-likeness (QED) is 0.0885. The maximum Gasteiger partial charge on any atom is 0.162 e. The first-order chi connectivity index (χ1) is 16.1. The van der Waals surface area contributed by atoms with Crippen LogP contribution < -0.4 is 0 Å². The maximum absolute atomic E-state index is 10.1. The van der Waals surface area contributed by atoms with E-state index in [0.29, 0.717) is 12.8 Å². The molecule has 0 bridgehead atoms. The first-order valence-electron chi connectivity index (χ1n) is 15.6. The predicted octanol–water partition coefficient (Wildman–Crippen LogP) is 10.6. The van der Waals surface area contributed by atoms with Crippen molar-refractivity contribution in [3.05, 3.63) is 0 Å². The summed E-state index contributed by atoms with van der Waals surface area (Å²) in [7, 11) is 0. The molecule has 0 saturated carbocycles. The highest BCUT2D eigenvalue weighted by molar-refractivity contribution is 4.65. The molecule has 0 atom stereocenters. The molecular formula is C31H64O2. The zero-order valence-corrected chi connectivity index (χ0v) is 23.2. The third-order valence-electron chi connectivity index (χ3n) is 7.36. The van der Waals surface area contributed by atoms with Crippen molar-refractivity contribution in [1.82, 2.24) is 0 Å². The van der Waals surface area contributed by atoms with E-state index in [4.69, 9.17) is 0 Å². The smallest absolute Gasteiger partial charge is 0.162 e. The average molecular weight is 469 g/mol. The summed E-state index contributed by atoms with van der Waals surface area (Å²) in [4.78, 5) is 0. The molecule has 0 amide bonds. The van der Waals surface area contributed by atoms with Gasteiger partial charge in [-0.2, -0.15) is 0 Å². The Labute approximate surface area is 209 Å². The monoisotopic (exact) mass is 468 g/mol. The van der Waals surface area contributed by atoms with Crippen molar-refractivity contribution in [1.29, 1.82) is 0 Å². The standard InChI is InChI=1S/C31H64O2/c1-3-5-7-9-11-12-13-14-15-16-17-18-19-20-21-22-23-24-26-28-30-31(32,33)29-27-25-10-8-6-4-2/h32-33H,3-30H2,1-2H3. The van der Waals surface area contributed by atoms with E-state index in [1.54, 1.807) is 0 Å². The van der Waals surface area contributed by atoms with Crippen molar-refractivity contribution in [2.75, 3.05) is 0 Å². The Kier molecular flexibility index (Phi) is 26.5. The molecule has 2 heteroatoms. The lowest BCUT2D eigenvalue weighted by Crippen LogP contribution is -2.27. The molecule has 0 aromatic rings. The lowest BCUT2D eigenvalue weighted by Gasteiger charge is -2.21. The largest absolute Gasteiger partial charge is 0.366 e. The van der Waals surface area contributed by atoms with Gasteiger partial charge in [0.1, 0.15) is 0 Å². The fourth-order valence-electron chi connectivity index (χ4n) is 4.98. The SMILES string of the molecule is CCCCCCCCCCCCCCCCCCCCCCC(O)(O)CCCCCCCC. The third kappa shape index (κ3) is 28.0. The molecule has 33 heavy (non-hydrogen) atoms. The van der Waals surface area contributed by atoms with Crippen LogP contribution in [0.1, 0.15) is 194 Å². The molecule has 0 aliphatic carbocycles. The van der Waals surface area contributed by atoms with E-state index in [2.05, 4.69) is 13.8 Å². The zero-order valence-electron chi connectivity index (χ0n) is 23.2. The van der Waals surface area contributed by atoms with Crippen LogP contribution in [0.2, 0.25) is 0 Å². The van der Waals surface area contributed by atoms with Gasteiger partial charge >= 0.3 is 0 Å². The molecule has 0 aromatic heterocycles. The molecule has 0 radical (unpaired) electrons. The molecule has 0 spiro atoms. The Morgan fingerprint density at radius 3 is 0.697 bits per heavy atom. The van der Waals surface area contributed by atoms with Crippen LogP contribution in [0.15, 0.2) is 0 Å². The average Bonchev–Trinajstić information content (AvgIpc) is 2.80. The van der Waals surface area contributed by atoms with E-state index in [1.165, 1.54) is 141 Å². The highest BCUT2D eigenvalue weighted by Gasteiger charge is 2.21. The Morgan fingerprint density at radius 1 is 0.303 bits per heavy atom. The molecular weight excluding hydrogens is 404 g/mol. The van der Waals surface area contributed by atoms with Gasteiger partial charge in [-0.1, -0.05) is 168 Å². The van der Waals surface area contributed by atoms with Crippen molar-refractivity contribution in [2.24, 2.45) is 0 Å². The second-order valence-corrected chi connectivity index (χ2v) is 11.0. The van der Waals surface area contributed by atoms with Crippen LogP contribution in [0, 0.1) is 0 Å². The lowest BCUT2D eigenvalue weighted by atomic mass is 9.99. The topological polar surface area (TPSA) is 40.5 Å². The number of hydrogen-bond donors (Lipinski definition) is 2. The molecule has 0 fully saturated rings. The van der Waals surface area contributed by atoms with Crippen LogP contribution in [0.3, 0.4) is 0 Å². The van der Waals surface area contributed by atoms with E-state index >= 15 is 0 Å². The first kappa shape index (κ1) is 32.9.